The molecule has 3 nitrogen and oxygen atoms in total. The Kier molecular flexibility index (Phi) is 7.28. The van der Waals surface area contributed by atoms with E-state index in [1.807, 2.05) is 44.7 Å². The molecule has 1 amide bonds. The molecule has 0 aromatic heterocycles. The highest BCUT2D eigenvalue weighted by Crippen LogP contribution is 2.27. The lowest BCUT2D eigenvalue weighted by Crippen LogP contribution is -2.37. The Bertz CT molecular complexity index is 512. The summed E-state index contributed by atoms with van der Waals surface area (Å²) in [4.78, 5) is 12.1. The van der Waals surface area contributed by atoms with Gasteiger partial charge in [0.05, 0.1) is 0 Å². The van der Waals surface area contributed by atoms with Crippen molar-refractivity contribution in [1.29, 1.82) is 0 Å². The van der Waals surface area contributed by atoms with Crippen LogP contribution >= 0.6 is 11.8 Å². The molecule has 0 bridgehead atoms. The standard InChI is InChI=1S/C19H29NO2S/c1-14-9-10-15(2)18(13-14)22-16(3)19(21)20-11-12-23-17-7-5-4-6-8-17/h9-10,13,16-17H,4-8,11-12H2,1-3H3,(H,20,21)/t16-/m0/s1. The zero-order chi connectivity index (χ0) is 16.7. The van der Waals surface area contributed by atoms with E-state index < -0.39 is 6.10 Å². The van der Waals surface area contributed by atoms with Gasteiger partial charge >= 0.3 is 0 Å². The van der Waals surface area contributed by atoms with Crippen LogP contribution in [0.1, 0.15) is 50.2 Å². The van der Waals surface area contributed by atoms with E-state index in [9.17, 15) is 4.79 Å². The lowest BCUT2D eigenvalue weighted by Gasteiger charge is -2.21. The largest absolute Gasteiger partial charge is 0.481 e. The quantitative estimate of drug-likeness (QED) is 0.757. The molecule has 0 radical (unpaired) electrons. The van der Waals surface area contributed by atoms with Gasteiger partial charge in [-0.15, -0.1) is 0 Å². The number of amides is 1. The molecule has 4 heteroatoms. The van der Waals surface area contributed by atoms with Crippen molar-refractivity contribution in [3.05, 3.63) is 29.3 Å². The summed E-state index contributed by atoms with van der Waals surface area (Å²) in [5, 5.41) is 3.79. The monoisotopic (exact) mass is 335 g/mol. The van der Waals surface area contributed by atoms with Crippen LogP contribution in [0.3, 0.4) is 0 Å². The number of rotatable bonds is 7. The van der Waals surface area contributed by atoms with Crippen LogP contribution in [0.25, 0.3) is 0 Å². The molecule has 0 unspecified atom stereocenters. The Balaban J connectivity index is 1.69. The first-order chi connectivity index (χ1) is 11.1. The number of hydrogen-bond donors (Lipinski definition) is 1. The number of hydrogen-bond acceptors (Lipinski definition) is 3. The molecule has 0 spiro atoms. The summed E-state index contributed by atoms with van der Waals surface area (Å²) >= 11 is 2.00. The minimum absolute atomic E-state index is 0.0323. The Morgan fingerprint density at radius 3 is 2.78 bits per heavy atom. The Morgan fingerprint density at radius 2 is 2.04 bits per heavy atom. The molecular weight excluding hydrogens is 306 g/mol. The number of thioether (sulfide) groups is 1. The van der Waals surface area contributed by atoms with Crippen molar-refractivity contribution in [2.24, 2.45) is 0 Å². The molecule has 0 aliphatic heterocycles. The van der Waals surface area contributed by atoms with E-state index in [1.165, 1.54) is 32.1 Å². The second-order valence-electron chi connectivity index (χ2n) is 6.45. The Labute approximate surface area is 144 Å². The van der Waals surface area contributed by atoms with Gasteiger partial charge in [0.15, 0.2) is 6.10 Å². The predicted molar refractivity (Wildman–Crippen MR) is 98.3 cm³/mol. The molecule has 1 saturated carbocycles. The van der Waals surface area contributed by atoms with E-state index in [-0.39, 0.29) is 5.91 Å². The number of nitrogens with one attached hydrogen (secondary N) is 1. The van der Waals surface area contributed by atoms with Crippen LogP contribution in [0, 0.1) is 13.8 Å². The summed E-state index contributed by atoms with van der Waals surface area (Å²) in [5.41, 5.74) is 2.20. The van der Waals surface area contributed by atoms with Crippen LogP contribution in [-0.4, -0.2) is 29.6 Å². The zero-order valence-electron chi connectivity index (χ0n) is 14.6. The lowest BCUT2D eigenvalue weighted by atomic mass is 10.0. The zero-order valence-corrected chi connectivity index (χ0v) is 15.4. The van der Waals surface area contributed by atoms with Crippen molar-refractivity contribution in [2.75, 3.05) is 12.3 Å². The summed E-state index contributed by atoms with van der Waals surface area (Å²) in [6.45, 7) is 6.56. The third kappa shape index (κ3) is 6.09. The highest BCUT2D eigenvalue weighted by Gasteiger charge is 2.16. The van der Waals surface area contributed by atoms with E-state index in [1.54, 1.807) is 0 Å². The summed E-state index contributed by atoms with van der Waals surface area (Å²) in [5.74, 6) is 1.76. The Hall–Kier alpha value is -1.16. The molecule has 23 heavy (non-hydrogen) atoms. The number of carbonyl (C=O) groups excluding carboxylic acids is 1. The van der Waals surface area contributed by atoms with Crippen LogP contribution in [-0.2, 0) is 4.79 Å². The summed E-state index contributed by atoms with van der Waals surface area (Å²) in [7, 11) is 0. The number of aryl methyl sites for hydroxylation is 2. The molecule has 1 atom stereocenters. The summed E-state index contributed by atoms with van der Waals surface area (Å²) < 4.78 is 5.82. The Morgan fingerprint density at radius 1 is 1.30 bits per heavy atom. The molecule has 2 rings (SSSR count). The van der Waals surface area contributed by atoms with Gasteiger partial charge < -0.3 is 10.1 Å². The van der Waals surface area contributed by atoms with Crippen molar-refractivity contribution in [3.8, 4) is 5.75 Å². The second kappa shape index (κ2) is 9.21. The minimum atomic E-state index is -0.463. The molecule has 1 aliphatic rings. The maximum atomic E-state index is 12.1. The average Bonchev–Trinajstić information content (AvgIpc) is 2.55. The first-order valence-corrected chi connectivity index (χ1v) is 9.74. The number of ether oxygens (including phenoxy) is 1. The SMILES string of the molecule is Cc1ccc(C)c(O[C@@H](C)C(=O)NCCSC2CCCCC2)c1. The van der Waals surface area contributed by atoms with E-state index in [0.29, 0.717) is 0 Å². The summed E-state index contributed by atoms with van der Waals surface area (Å²) in [6, 6.07) is 6.06. The van der Waals surface area contributed by atoms with Gasteiger partial charge in [0.25, 0.3) is 5.91 Å². The van der Waals surface area contributed by atoms with Crippen molar-refractivity contribution in [1.82, 2.24) is 5.32 Å². The smallest absolute Gasteiger partial charge is 0.260 e. The number of benzene rings is 1. The maximum Gasteiger partial charge on any atom is 0.260 e. The van der Waals surface area contributed by atoms with Gasteiger partial charge in [-0.1, -0.05) is 31.4 Å². The molecule has 1 N–H and O–H groups in total. The molecule has 0 heterocycles. The van der Waals surface area contributed by atoms with Crippen LogP contribution in [0.5, 0.6) is 5.75 Å². The predicted octanol–water partition coefficient (Wildman–Crippen LogP) is 4.25. The highest BCUT2D eigenvalue weighted by molar-refractivity contribution is 7.99. The molecule has 1 aromatic rings. The third-order valence-corrected chi connectivity index (χ3v) is 5.71. The van der Waals surface area contributed by atoms with E-state index in [4.69, 9.17) is 4.74 Å². The topological polar surface area (TPSA) is 38.3 Å². The van der Waals surface area contributed by atoms with Crippen LogP contribution in [0.4, 0.5) is 0 Å². The van der Waals surface area contributed by atoms with Crippen molar-refractivity contribution >= 4 is 17.7 Å². The van der Waals surface area contributed by atoms with Gasteiger partial charge in [0.2, 0.25) is 0 Å². The first-order valence-electron chi connectivity index (χ1n) is 8.69. The molecular formula is C19H29NO2S. The van der Waals surface area contributed by atoms with E-state index in [2.05, 4.69) is 11.4 Å². The van der Waals surface area contributed by atoms with Gasteiger partial charge in [-0.05, 0) is 50.8 Å². The fraction of sp³-hybridized carbons (Fsp3) is 0.632. The van der Waals surface area contributed by atoms with Crippen LogP contribution in [0.15, 0.2) is 18.2 Å². The lowest BCUT2D eigenvalue weighted by molar-refractivity contribution is -0.127. The second-order valence-corrected chi connectivity index (χ2v) is 7.86. The average molecular weight is 336 g/mol. The molecule has 1 aliphatic carbocycles. The molecule has 1 fully saturated rings. The molecule has 0 saturated heterocycles. The molecule has 128 valence electrons. The van der Waals surface area contributed by atoms with E-state index >= 15 is 0 Å². The first kappa shape index (κ1) is 18.2. The maximum absolute atomic E-state index is 12.1. The van der Waals surface area contributed by atoms with Gasteiger partial charge in [-0.25, -0.2) is 0 Å². The molecule has 1 aromatic carbocycles. The van der Waals surface area contributed by atoms with Gasteiger partial charge in [-0.2, -0.15) is 11.8 Å². The van der Waals surface area contributed by atoms with E-state index in [0.717, 1.165) is 34.4 Å². The van der Waals surface area contributed by atoms with Gasteiger partial charge in [0, 0.05) is 17.5 Å². The fourth-order valence-electron chi connectivity index (χ4n) is 2.85. The third-order valence-electron chi connectivity index (χ3n) is 4.32. The normalized spacial score (nSPS) is 16.8. The van der Waals surface area contributed by atoms with Crippen molar-refractivity contribution in [3.63, 3.8) is 0 Å². The summed E-state index contributed by atoms with van der Waals surface area (Å²) in [6.07, 6.45) is 6.33. The van der Waals surface area contributed by atoms with Crippen LogP contribution < -0.4 is 10.1 Å². The highest BCUT2D eigenvalue weighted by atomic mass is 32.2. The fourth-order valence-corrected chi connectivity index (χ4v) is 4.07. The van der Waals surface area contributed by atoms with Gasteiger partial charge in [0.1, 0.15) is 5.75 Å². The van der Waals surface area contributed by atoms with Crippen molar-refractivity contribution in [2.45, 2.75) is 64.2 Å². The van der Waals surface area contributed by atoms with Crippen molar-refractivity contribution < 1.29 is 9.53 Å². The minimum Gasteiger partial charge on any atom is -0.481 e. The number of carbonyl (C=O) groups is 1. The van der Waals surface area contributed by atoms with Crippen LogP contribution in [0.2, 0.25) is 0 Å². The van der Waals surface area contributed by atoms with Gasteiger partial charge in [-0.3, -0.25) is 4.79 Å².